The highest BCUT2D eigenvalue weighted by Gasteiger charge is 2.28. The molecule has 1 aliphatic heterocycles. The number of anilines is 2. The number of nitrogens with one attached hydrogen (secondary N) is 1. The quantitative estimate of drug-likeness (QED) is 0.634. The van der Waals surface area contributed by atoms with Crippen molar-refractivity contribution in [3.05, 3.63) is 41.5 Å². The molecule has 1 saturated heterocycles. The van der Waals surface area contributed by atoms with Gasteiger partial charge < -0.3 is 30.0 Å². The van der Waals surface area contributed by atoms with Gasteiger partial charge in [-0.1, -0.05) is 6.07 Å². The Balaban J connectivity index is 1.76. The van der Waals surface area contributed by atoms with Crippen LogP contribution in [0, 0.1) is 23.1 Å². The molecule has 1 aliphatic rings. The fraction of sp³-hybridized carbons (Fsp3) is 0.458. The SMILES string of the molecule is COC(=O)c1c(N)c(C#N)cn1-c1c(F)cccc1NCC1CCN(C(=O)OC(C)(C)C)CC1. The first kappa shape index (κ1) is 24.9. The second kappa shape index (κ2) is 10.0. The Morgan fingerprint density at radius 1 is 1.29 bits per heavy atom. The average Bonchev–Trinajstić information content (AvgIpc) is 3.12. The predicted octanol–water partition coefficient (Wildman–Crippen LogP) is 3.92. The van der Waals surface area contributed by atoms with E-state index in [1.165, 1.54) is 23.9 Å². The Kier molecular flexibility index (Phi) is 7.35. The second-order valence-electron chi connectivity index (χ2n) is 9.21. The van der Waals surface area contributed by atoms with Gasteiger partial charge in [0.15, 0.2) is 5.69 Å². The number of ether oxygens (including phenoxy) is 2. The fourth-order valence-electron chi connectivity index (χ4n) is 3.89. The van der Waals surface area contributed by atoms with Gasteiger partial charge >= 0.3 is 12.1 Å². The number of benzene rings is 1. The lowest BCUT2D eigenvalue weighted by atomic mass is 9.97. The molecule has 2 heterocycles. The van der Waals surface area contributed by atoms with Gasteiger partial charge in [0.05, 0.1) is 24.0 Å². The van der Waals surface area contributed by atoms with Crippen molar-refractivity contribution in [2.45, 2.75) is 39.2 Å². The Morgan fingerprint density at radius 2 is 1.97 bits per heavy atom. The molecule has 10 heteroatoms. The number of halogens is 1. The Bertz CT molecular complexity index is 1110. The van der Waals surface area contributed by atoms with Crippen LogP contribution in [-0.2, 0) is 9.47 Å². The number of methoxy groups -OCH3 is 1. The number of likely N-dealkylation sites (tertiary alicyclic amines) is 1. The van der Waals surface area contributed by atoms with Crippen LogP contribution in [-0.4, -0.2) is 53.9 Å². The zero-order valence-corrected chi connectivity index (χ0v) is 19.9. The van der Waals surface area contributed by atoms with Gasteiger partial charge in [0, 0.05) is 25.8 Å². The molecule has 0 atom stereocenters. The summed E-state index contributed by atoms with van der Waals surface area (Å²) in [6, 6.07) is 6.43. The maximum absolute atomic E-state index is 15.0. The van der Waals surface area contributed by atoms with Crippen molar-refractivity contribution in [2.24, 2.45) is 5.92 Å². The predicted molar refractivity (Wildman–Crippen MR) is 125 cm³/mol. The maximum Gasteiger partial charge on any atom is 0.410 e. The van der Waals surface area contributed by atoms with E-state index in [0.717, 1.165) is 12.8 Å². The highest BCUT2D eigenvalue weighted by atomic mass is 19.1. The summed E-state index contributed by atoms with van der Waals surface area (Å²) in [6.45, 7) is 7.19. The molecule has 34 heavy (non-hydrogen) atoms. The average molecular weight is 472 g/mol. The fourth-order valence-corrected chi connectivity index (χ4v) is 3.89. The number of esters is 1. The number of amides is 1. The third-order valence-corrected chi connectivity index (χ3v) is 5.62. The summed E-state index contributed by atoms with van der Waals surface area (Å²) in [5.74, 6) is -1.11. The third-order valence-electron chi connectivity index (χ3n) is 5.62. The molecule has 0 bridgehead atoms. The molecule has 2 aromatic rings. The molecular weight excluding hydrogens is 441 g/mol. The van der Waals surface area contributed by atoms with Crippen molar-refractivity contribution in [2.75, 3.05) is 37.8 Å². The van der Waals surface area contributed by atoms with Gasteiger partial charge in [-0.15, -0.1) is 0 Å². The van der Waals surface area contributed by atoms with Crippen molar-refractivity contribution < 1.29 is 23.5 Å². The summed E-state index contributed by atoms with van der Waals surface area (Å²) < 4.78 is 26.5. The van der Waals surface area contributed by atoms with Crippen LogP contribution in [0.3, 0.4) is 0 Å². The molecule has 1 fully saturated rings. The van der Waals surface area contributed by atoms with E-state index in [4.69, 9.17) is 15.2 Å². The standard InChI is InChI=1S/C24H30FN5O4/c1-24(2,3)34-23(32)29-10-8-15(9-11-29)13-28-18-7-5-6-17(25)20(18)30-14-16(12-26)19(27)21(30)22(31)33-4/h5-7,14-15,28H,8-11,13,27H2,1-4H3. The van der Waals surface area contributed by atoms with E-state index in [0.29, 0.717) is 25.3 Å². The highest BCUT2D eigenvalue weighted by molar-refractivity contribution is 5.96. The lowest BCUT2D eigenvalue weighted by molar-refractivity contribution is 0.0188. The van der Waals surface area contributed by atoms with E-state index in [1.807, 2.05) is 26.8 Å². The van der Waals surface area contributed by atoms with Gasteiger partial charge in [-0.3, -0.25) is 0 Å². The van der Waals surface area contributed by atoms with E-state index >= 15 is 0 Å². The molecule has 0 saturated carbocycles. The highest BCUT2D eigenvalue weighted by Crippen LogP contribution is 2.31. The largest absolute Gasteiger partial charge is 0.464 e. The summed E-state index contributed by atoms with van der Waals surface area (Å²) in [4.78, 5) is 26.3. The maximum atomic E-state index is 15.0. The van der Waals surface area contributed by atoms with Gasteiger partial charge in [0.1, 0.15) is 23.2 Å². The molecule has 0 radical (unpaired) electrons. The first-order valence-electron chi connectivity index (χ1n) is 11.1. The molecule has 9 nitrogen and oxygen atoms in total. The summed E-state index contributed by atoms with van der Waals surface area (Å²) in [5.41, 5.74) is 5.80. The second-order valence-corrected chi connectivity index (χ2v) is 9.21. The number of hydrogen-bond donors (Lipinski definition) is 2. The zero-order valence-electron chi connectivity index (χ0n) is 19.9. The Hall–Kier alpha value is -3.74. The van der Waals surface area contributed by atoms with Crippen molar-refractivity contribution in [3.63, 3.8) is 0 Å². The van der Waals surface area contributed by atoms with Crippen LogP contribution in [0.5, 0.6) is 0 Å². The molecule has 0 aliphatic carbocycles. The smallest absolute Gasteiger partial charge is 0.410 e. The van der Waals surface area contributed by atoms with Gasteiger partial charge in [-0.2, -0.15) is 5.26 Å². The van der Waals surface area contributed by atoms with E-state index < -0.39 is 17.4 Å². The first-order chi connectivity index (χ1) is 16.1. The molecule has 1 aromatic carbocycles. The molecular formula is C24H30FN5O4. The molecule has 1 amide bonds. The van der Waals surface area contributed by atoms with Gasteiger partial charge in [-0.25, -0.2) is 14.0 Å². The Labute approximate surface area is 198 Å². The van der Waals surface area contributed by atoms with Gasteiger partial charge in [0.25, 0.3) is 0 Å². The topological polar surface area (TPSA) is 123 Å². The number of nitrogens with zero attached hydrogens (tertiary/aromatic N) is 3. The van der Waals surface area contributed by atoms with Crippen LogP contribution < -0.4 is 11.1 Å². The van der Waals surface area contributed by atoms with Gasteiger partial charge in [0.2, 0.25) is 0 Å². The lowest BCUT2D eigenvalue weighted by Gasteiger charge is -2.33. The molecule has 3 rings (SSSR count). The van der Waals surface area contributed by atoms with Crippen LogP contribution in [0.4, 0.5) is 20.6 Å². The minimum absolute atomic E-state index is 0.0455. The number of nitrogens with two attached hydrogens (primary N) is 1. The first-order valence-corrected chi connectivity index (χ1v) is 11.1. The summed E-state index contributed by atoms with van der Waals surface area (Å²) in [7, 11) is 1.19. The molecule has 0 spiro atoms. The number of nitrogen functional groups attached to an aromatic ring is 1. The number of nitriles is 1. The van der Waals surface area contributed by atoms with E-state index in [9.17, 15) is 19.2 Å². The third kappa shape index (κ3) is 5.42. The van der Waals surface area contributed by atoms with Crippen LogP contribution in [0.2, 0.25) is 0 Å². The summed E-state index contributed by atoms with van der Waals surface area (Å²) in [5, 5.41) is 12.6. The summed E-state index contributed by atoms with van der Waals surface area (Å²) in [6.07, 6.45) is 2.53. The number of rotatable bonds is 5. The van der Waals surface area contributed by atoms with Crippen molar-refractivity contribution in [1.82, 2.24) is 9.47 Å². The van der Waals surface area contributed by atoms with E-state index in [2.05, 4.69) is 5.32 Å². The van der Waals surface area contributed by atoms with Crippen LogP contribution in [0.25, 0.3) is 5.69 Å². The number of aromatic nitrogens is 1. The number of piperidine rings is 1. The number of carbonyl (C=O) groups is 2. The van der Waals surface area contributed by atoms with Crippen LogP contribution >= 0.6 is 0 Å². The van der Waals surface area contributed by atoms with E-state index in [-0.39, 0.29) is 34.6 Å². The van der Waals surface area contributed by atoms with E-state index in [1.54, 1.807) is 17.0 Å². The number of hydrogen-bond acceptors (Lipinski definition) is 7. The van der Waals surface area contributed by atoms with Crippen LogP contribution in [0.1, 0.15) is 49.7 Å². The summed E-state index contributed by atoms with van der Waals surface area (Å²) >= 11 is 0. The van der Waals surface area contributed by atoms with Crippen molar-refractivity contribution in [1.29, 1.82) is 5.26 Å². The normalized spacial score (nSPS) is 14.4. The zero-order chi connectivity index (χ0) is 25.0. The van der Waals surface area contributed by atoms with Crippen LogP contribution in [0.15, 0.2) is 24.4 Å². The number of para-hydroxylation sites is 1. The van der Waals surface area contributed by atoms with Crippen molar-refractivity contribution >= 4 is 23.4 Å². The molecule has 1 aromatic heterocycles. The molecule has 0 unspecified atom stereocenters. The number of carbonyl (C=O) groups excluding carboxylic acids is 2. The molecule has 3 N–H and O–H groups in total. The van der Waals surface area contributed by atoms with Gasteiger partial charge in [-0.05, 0) is 51.7 Å². The monoisotopic (exact) mass is 471 g/mol. The molecule has 182 valence electrons. The minimum Gasteiger partial charge on any atom is -0.464 e. The lowest BCUT2D eigenvalue weighted by Crippen LogP contribution is -2.42. The van der Waals surface area contributed by atoms with Crippen molar-refractivity contribution in [3.8, 4) is 11.8 Å². The minimum atomic E-state index is -0.775. The Morgan fingerprint density at radius 3 is 2.56 bits per heavy atom.